The molecule has 36 heavy (non-hydrogen) atoms. The summed E-state index contributed by atoms with van der Waals surface area (Å²) in [7, 11) is -5.00. The molecule has 0 aromatic heterocycles. The minimum absolute atomic E-state index is 0. The molecule has 0 radical (unpaired) electrons. The number of aromatic carboxylic acids is 1. The molecule has 7 heteroatoms. The zero-order chi connectivity index (χ0) is 25.7. The first kappa shape index (κ1) is 33.4. The topological polar surface area (TPSA) is 97.3 Å². The number of carboxylic acids is 1. The number of rotatable bonds is 18. The molecule has 0 fully saturated rings. The van der Waals surface area contributed by atoms with Gasteiger partial charge in [-0.2, -0.15) is 0 Å². The van der Waals surface area contributed by atoms with Crippen molar-refractivity contribution < 1.29 is 22.9 Å². The number of carbonyl (C=O) groups excluding carboxylic acids is 1. The minimum Gasteiger partial charge on any atom is -0.744 e. The number of unbranched alkanes of at least 4 members (excludes halogenated alkanes) is 12. The van der Waals surface area contributed by atoms with Gasteiger partial charge in [0.05, 0.1) is 10.9 Å². The normalized spacial score (nSPS) is 11.5. The standard InChI is InChI=1S/C29H44O5S.Ca/c1-3-5-7-9-11-13-15-19-23-24-20-17-18-22-26(24)28(35(32,33)34)27(29(30)31)25(23)21-16-14-12-10-8-6-4-2;/h17-18,20,22H,3-16,19,21H2,1-2H3,(H,30,31)(H,32,33,34);/q;+2/p-2. The summed E-state index contributed by atoms with van der Waals surface area (Å²) in [6.07, 6.45) is 16.5. The van der Waals surface area contributed by atoms with Gasteiger partial charge in [0, 0.05) is 10.9 Å². The summed E-state index contributed by atoms with van der Waals surface area (Å²) < 4.78 is 36.8. The zero-order valence-electron chi connectivity index (χ0n) is 22.3. The van der Waals surface area contributed by atoms with Gasteiger partial charge in [0.1, 0.15) is 10.1 Å². The first-order valence-electron chi connectivity index (χ1n) is 13.6. The molecule has 0 saturated carbocycles. The molecule has 0 aliphatic carbocycles. The average molecular weight is 543 g/mol. The van der Waals surface area contributed by atoms with Crippen molar-refractivity contribution in [3.8, 4) is 0 Å². The molecular formula is C29H42CaO5S. The molecular weight excluding hydrogens is 500 g/mol. The Kier molecular flexibility index (Phi) is 16.5. The number of carboxylic acid groups (broad SMARTS) is 1. The van der Waals surface area contributed by atoms with E-state index in [2.05, 4.69) is 13.8 Å². The number of hydrogen-bond acceptors (Lipinski definition) is 5. The Hall–Kier alpha value is -0.660. The van der Waals surface area contributed by atoms with Crippen molar-refractivity contribution in [2.45, 2.75) is 121 Å². The Morgan fingerprint density at radius 1 is 0.694 bits per heavy atom. The monoisotopic (exact) mass is 542 g/mol. The Bertz CT molecular complexity index is 1050. The van der Waals surface area contributed by atoms with Crippen LogP contribution >= 0.6 is 0 Å². The van der Waals surface area contributed by atoms with Gasteiger partial charge >= 0.3 is 37.7 Å². The molecule has 0 saturated heterocycles. The number of hydrogen-bond donors (Lipinski definition) is 0. The van der Waals surface area contributed by atoms with Crippen LogP contribution in [0.2, 0.25) is 0 Å². The van der Waals surface area contributed by atoms with Crippen molar-refractivity contribution in [1.82, 2.24) is 0 Å². The second-order valence-electron chi connectivity index (χ2n) is 9.69. The van der Waals surface area contributed by atoms with Crippen LogP contribution in [0.3, 0.4) is 0 Å². The van der Waals surface area contributed by atoms with Crippen LogP contribution in [0.25, 0.3) is 10.8 Å². The Morgan fingerprint density at radius 3 is 1.56 bits per heavy atom. The maximum Gasteiger partial charge on any atom is 2.00 e. The number of fused-ring (bicyclic) bond motifs is 1. The SMILES string of the molecule is CCCCCCCCCc1c(C(=O)[O-])c(S(=O)(=O)[O-])c2ccccc2c1CCCCCCCCC.[Ca+2]. The summed E-state index contributed by atoms with van der Waals surface area (Å²) in [5, 5.41) is 13.1. The molecule has 0 amide bonds. The molecule has 2 aromatic carbocycles. The summed E-state index contributed by atoms with van der Waals surface area (Å²) in [6, 6.07) is 6.81. The molecule has 0 spiro atoms. The average Bonchev–Trinajstić information content (AvgIpc) is 2.82. The van der Waals surface area contributed by atoms with E-state index in [9.17, 15) is 22.9 Å². The molecule has 0 heterocycles. The second kappa shape index (κ2) is 17.8. The van der Waals surface area contributed by atoms with E-state index in [4.69, 9.17) is 0 Å². The van der Waals surface area contributed by atoms with E-state index in [0.29, 0.717) is 23.8 Å². The molecule has 2 aromatic rings. The molecule has 0 aliphatic heterocycles. The van der Waals surface area contributed by atoms with Gasteiger partial charge in [-0.05, 0) is 42.2 Å². The Labute approximate surface area is 248 Å². The van der Waals surface area contributed by atoms with E-state index in [0.717, 1.165) is 50.5 Å². The third-order valence-electron chi connectivity index (χ3n) is 6.90. The predicted octanol–water partition coefficient (Wildman–Crippen LogP) is 6.31. The first-order valence-corrected chi connectivity index (χ1v) is 15.0. The summed E-state index contributed by atoms with van der Waals surface area (Å²) >= 11 is 0. The van der Waals surface area contributed by atoms with E-state index in [1.54, 1.807) is 6.07 Å². The third-order valence-corrected chi connectivity index (χ3v) is 7.83. The minimum atomic E-state index is -5.00. The molecule has 0 N–H and O–H groups in total. The number of aryl methyl sites for hydroxylation is 1. The van der Waals surface area contributed by atoms with Crippen LogP contribution in [0, 0.1) is 0 Å². The van der Waals surface area contributed by atoms with Crippen LogP contribution in [0.1, 0.15) is 125 Å². The zero-order valence-corrected chi connectivity index (χ0v) is 25.3. The van der Waals surface area contributed by atoms with Gasteiger partial charge in [0.2, 0.25) is 0 Å². The summed E-state index contributed by atoms with van der Waals surface area (Å²) in [5.41, 5.74) is 0.937. The molecule has 5 nitrogen and oxygen atoms in total. The largest absolute Gasteiger partial charge is 2.00 e. The van der Waals surface area contributed by atoms with E-state index < -0.39 is 26.5 Å². The molecule has 196 valence electrons. The summed E-state index contributed by atoms with van der Waals surface area (Å²) in [5.74, 6) is -1.58. The summed E-state index contributed by atoms with van der Waals surface area (Å²) in [6.45, 7) is 4.37. The quantitative estimate of drug-likeness (QED) is 0.125. The summed E-state index contributed by atoms with van der Waals surface area (Å²) in [4.78, 5) is 11.6. The van der Waals surface area contributed by atoms with Crippen molar-refractivity contribution in [2.75, 3.05) is 0 Å². The van der Waals surface area contributed by atoms with E-state index in [-0.39, 0.29) is 43.1 Å². The van der Waals surface area contributed by atoms with Crippen LogP contribution in [-0.2, 0) is 23.0 Å². The van der Waals surface area contributed by atoms with Gasteiger partial charge in [-0.1, -0.05) is 115 Å². The maximum absolute atomic E-state index is 12.3. The van der Waals surface area contributed by atoms with Crippen molar-refractivity contribution in [3.05, 3.63) is 41.0 Å². The van der Waals surface area contributed by atoms with Gasteiger partial charge in [-0.25, -0.2) is 8.42 Å². The number of benzene rings is 2. The molecule has 0 unspecified atom stereocenters. The van der Waals surface area contributed by atoms with Crippen LogP contribution in [-0.4, -0.2) is 56.7 Å². The van der Waals surface area contributed by atoms with Crippen LogP contribution in [0.15, 0.2) is 29.2 Å². The molecule has 0 bridgehead atoms. The van der Waals surface area contributed by atoms with Crippen molar-refractivity contribution in [2.24, 2.45) is 0 Å². The smallest absolute Gasteiger partial charge is 0.744 e. The van der Waals surface area contributed by atoms with Gasteiger partial charge in [0.15, 0.2) is 0 Å². The van der Waals surface area contributed by atoms with Crippen molar-refractivity contribution in [1.29, 1.82) is 0 Å². The first-order chi connectivity index (χ1) is 16.8. The fourth-order valence-corrected chi connectivity index (χ4v) is 5.99. The maximum atomic E-state index is 12.3. The molecule has 0 aliphatic rings. The van der Waals surface area contributed by atoms with Gasteiger partial charge in [-0.15, -0.1) is 0 Å². The van der Waals surface area contributed by atoms with Crippen molar-refractivity contribution in [3.63, 3.8) is 0 Å². The second-order valence-corrected chi connectivity index (χ2v) is 11.0. The van der Waals surface area contributed by atoms with E-state index in [1.165, 1.54) is 51.0 Å². The van der Waals surface area contributed by atoms with Crippen LogP contribution in [0.4, 0.5) is 0 Å². The van der Waals surface area contributed by atoms with Gasteiger partial charge in [0.25, 0.3) is 0 Å². The Balaban J connectivity index is 0.00000648. The van der Waals surface area contributed by atoms with Crippen LogP contribution in [0.5, 0.6) is 0 Å². The van der Waals surface area contributed by atoms with Gasteiger partial charge < -0.3 is 14.5 Å². The third kappa shape index (κ3) is 10.2. The van der Waals surface area contributed by atoms with Crippen molar-refractivity contribution >= 4 is 64.6 Å². The van der Waals surface area contributed by atoms with Crippen LogP contribution < -0.4 is 5.11 Å². The molecule has 2 rings (SSSR count). The fraction of sp³-hybridized carbons (Fsp3) is 0.621. The number of carbonyl (C=O) groups is 1. The van der Waals surface area contributed by atoms with Gasteiger partial charge in [-0.3, -0.25) is 0 Å². The predicted molar refractivity (Wildman–Crippen MR) is 145 cm³/mol. The molecule has 0 atom stereocenters. The van der Waals surface area contributed by atoms with E-state index >= 15 is 0 Å². The Morgan fingerprint density at radius 2 is 1.11 bits per heavy atom. The fourth-order valence-electron chi connectivity index (χ4n) is 5.08. The van der Waals surface area contributed by atoms with E-state index in [1.807, 2.05) is 12.1 Å².